The first kappa shape index (κ1) is 23.7. The van der Waals surface area contributed by atoms with Gasteiger partial charge >= 0.3 is 11.7 Å². The molecule has 4 aromatic rings. The number of Topliss-reactive ketones (excluding diaryl/α,β-unsaturated/α-hetero) is 1. The van der Waals surface area contributed by atoms with Crippen molar-refractivity contribution < 1.29 is 14.3 Å². The number of rotatable bonds is 11. The Hall–Kier alpha value is -3.47. The van der Waals surface area contributed by atoms with Crippen LogP contribution in [0.25, 0.3) is 22.1 Å². The molecule has 1 aromatic carbocycles. The van der Waals surface area contributed by atoms with E-state index < -0.39 is 5.69 Å². The van der Waals surface area contributed by atoms with Gasteiger partial charge in [0.25, 0.3) is 0 Å². The lowest BCUT2D eigenvalue weighted by Gasteiger charge is -2.04. The van der Waals surface area contributed by atoms with E-state index in [1.54, 1.807) is 6.92 Å². The SMILES string of the molecule is CCOC(=O)CCCCC(=O)c1[nH]c(=O)[nH]c1CSc1nnc2c3ccccc3n(CC)c2n1. The number of aromatic amines is 2. The van der Waals surface area contributed by atoms with Gasteiger partial charge in [0.15, 0.2) is 11.4 Å². The maximum absolute atomic E-state index is 12.7. The van der Waals surface area contributed by atoms with Crippen LogP contribution in [0.4, 0.5) is 0 Å². The van der Waals surface area contributed by atoms with Gasteiger partial charge in [0, 0.05) is 30.5 Å². The average molecular weight is 483 g/mol. The molecule has 11 heteroatoms. The molecule has 3 heterocycles. The summed E-state index contributed by atoms with van der Waals surface area (Å²) in [6.07, 6.45) is 1.58. The third-order valence-electron chi connectivity index (χ3n) is 5.44. The molecule has 0 unspecified atom stereocenters. The highest BCUT2D eigenvalue weighted by molar-refractivity contribution is 7.98. The van der Waals surface area contributed by atoms with Crippen LogP contribution in [0.1, 0.15) is 55.7 Å². The largest absolute Gasteiger partial charge is 0.466 e. The second kappa shape index (κ2) is 10.6. The van der Waals surface area contributed by atoms with Gasteiger partial charge in [-0.2, -0.15) is 0 Å². The summed E-state index contributed by atoms with van der Waals surface area (Å²) in [7, 11) is 0. The minimum absolute atomic E-state index is 0.182. The molecule has 0 bridgehead atoms. The summed E-state index contributed by atoms with van der Waals surface area (Å²) in [5, 5.41) is 10.1. The fourth-order valence-electron chi connectivity index (χ4n) is 3.89. The standard InChI is InChI=1S/C23H26N6O4S/c1-3-29-16-10-6-5-9-14(16)19-21(29)26-23(28-27-19)34-13-15-20(25-22(32)24-15)17(30)11-7-8-12-18(31)33-4-2/h5-6,9-10H,3-4,7-8,11-13H2,1-2H3,(H2,24,25,32). The van der Waals surface area contributed by atoms with Crippen LogP contribution in [0, 0.1) is 0 Å². The highest BCUT2D eigenvalue weighted by Crippen LogP contribution is 2.28. The van der Waals surface area contributed by atoms with Crippen LogP contribution >= 0.6 is 11.8 Å². The van der Waals surface area contributed by atoms with Crippen molar-refractivity contribution in [3.05, 3.63) is 46.1 Å². The maximum Gasteiger partial charge on any atom is 0.323 e. The molecule has 0 saturated heterocycles. The number of ketones is 1. The van der Waals surface area contributed by atoms with Crippen molar-refractivity contribution in [3.63, 3.8) is 0 Å². The third-order valence-corrected chi connectivity index (χ3v) is 6.30. The first-order valence-corrected chi connectivity index (χ1v) is 12.2. The predicted molar refractivity (Wildman–Crippen MR) is 129 cm³/mol. The molecule has 0 spiro atoms. The van der Waals surface area contributed by atoms with Crippen LogP contribution in [0.3, 0.4) is 0 Å². The molecule has 0 saturated carbocycles. The number of nitrogens with zero attached hydrogens (tertiary/aromatic N) is 4. The van der Waals surface area contributed by atoms with Crippen LogP contribution in [-0.2, 0) is 21.8 Å². The summed E-state index contributed by atoms with van der Waals surface area (Å²) < 4.78 is 6.98. The van der Waals surface area contributed by atoms with Gasteiger partial charge in [0.2, 0.25) is 5.16 Å². The first-order valence-electron chi connectivity index (χ1n) is 11.3. The zero-order valence-corrected chi connectivity index (χ0v) is 19.9. The quantitative estimate of drug-likeness (QED) is 0.143. The van der Waals surface area contributed by atoms with Gasteiger partial charge < -0.3 is 19.3 Å². The topological polar surface area (TPSA) is 136 Å². The normalized spacial score (nSPS) is 11.4. The van der Waals surface area contributed by atoms with Crippen LogP contribution in [0.15, 0.2) is 34.2 Å². The number of hydrogen-bond donors (Lipinski definition) is 2. The molecule has 3 aromatic heterocycles. The number of thioether (sulfide) groups is 1. The minimum Gasteiger partial charge on any atom is -0.466 e. The number of fused-ring (bicyclic) bond motifs is 3. The Morgan fingerprint density at radius 1 is 1.09 bits per heavy atom. The van der Waals surface area contributed by atoms with E-state index in [-0.39, 0.29) is 30.3 Å². The maximum atomic E-state index is 12.7. The van der Waals surface area contributed by atoms with E-state index in [0.29, 0.717) is 36.1 Å². The molecule has 0 radical (unpaired) electrons. The van der Waals surface area contributed by atoms with E-state index >= 15 is 0 Å². The Morgan fingerprint density at radius 3 is 2.68 bits per heavy atom. The number of ether oxygens (including phenoxy) is 1. The molecular weight excluding hydrogens is 456 g/mol. The minimum atomic E-state index is -0.439. The number of unbranched alkanes of at least 4 members (excludes halogenated alkanes) is 1. The zero-order valence-electron chi connectivity index (χ0n) is 19.1. The molecular formula is C23H26N6O4S. The molecule has 10 nitrogen and oxygen atoms in total. The van der Waals surface area contributed by atoms with Crippen molar-refractivity contribution in [2.24, 2.45) is 0 Å². The molecule has 0 fully saturated rings. The Labute approximate surface area is 199 Å². The van der Waals surface area contributed by atoms with Crippen LogP contribution in [0.5, 0.6) is 0 Å². The summed E-state index contributed by atoms with van der Waals surface area (Å²) in [6.45, 7) is 4.89. The molecule has 0 aliphatic carbocycles. The van der Waals surface area contributed by atoms with E-state index in [4.69, 9.17) is 9.72 Å². The molecule has 4 rings (SSSR count). The molecule has 178 valence electrons. The third kappa shape index (κ3) is 5.04. The molecule has 0 atom stereocenters. The van der Waals surface area contributed by atoms with Crippen molar-refractivity contribution in [1.82, 2.24) is 29.7 Å². The number of imidazole rings is 1. The monoisotopic (exact) mass is 482 g/mol. The van der Waals surface area contributed by atoms with Gasteiger partial charge in [0.05, 0.1) is 17.8 Å². The van der Waals surface area contributed by atoms with Crippen molar-refractivity contribution in [2.75, 3.05) is 6.61 Å². The number of aryl methyl sites for hydroxylation is 1. The van der Waals surface area contributed by atoms with Crippen LogP contribution < -0.4 is 5.69 Å². The van der Waals surface area contributed by atoms with E-state index in [9.17, 15) is 14.4 Å². The number of esters is 1. The number of carbonyl (C=O) groups is 2. The summed E-state index contributed by atoms with van der Waals surface area (Å²) >= 11 is 1.30. The number of benzene rings is 1. The van der Waals surface area contributed by atoms with E-state index in [2.05, 4.69) is 31.7 Å². The fourth-order valence-corrected chi connectivity index (χ4v) is 4.63. The van der Waals surface area contributed by atoms with Crippen LogP contribution in [0.2, 0.25) is 0 Å². The van der Waals surface area contributed by atoms with Crippen LogP contribution in [-0.4, -0.2) is 48.1 Å². The number of para-hydroxylation sites is 1. The zero-order chi connectivity index (χ0) is 24.1. The Kier molecular flexibility index (Phi) is 7.41. The molecule has 34 heavy (non-hydrogen) atoms. The summed E-state index contributed by atoms with van der Waals surface area (Å²) in [6, 6.07) is 7.98. The van der Waals surface area contributed by atoms with Crippen molar-refractivity contribution in [1.29, 1.82) is 0 Å². The van der Waals surface area contributed by atoms with Gasteiger partial charge in [-0.1, -0.05) is 30.0 Å². The lowest BCUT2D eigenvalue weighted by atomic mass is 10.1. The summed E-state index contributed by atoms with van der Waals surface area (Å²) in [4.78, 5) is 46.0. The molecule has 0 amide bonds. The highest BCUT2D eigenvalue weighted by atomic mass is 32.2. The van der Waals surface area contributed by atoms with Gasteiger partial charge in [-0.15, -0.1) is 10.2 Å². The van der Waals surface area contributed by atoms with E-state index in [1.807, 2.05) is 24.3 Å². The number of carbonyl (C=O) groups excluding carboxylic acids is 2. The molecule has 0 aliphatic heterocycles. The number of nitrogens with one attached hydrogen (secondary N) is 2. The van der Waals surface area contributed by atoms with Crippen molar-refractivity contribution in [3.8, 4) is 0 Å². The molecule has 2 N–H and O–H groups in total. The Bertz CT molecular complexity index is 1390. The van der Waals surface area contributed by atoms with Gasteiger partial charge in [-0.3, -0.25) is 9.59 Å². The summed E-state index contributed by atoms with van der Waals surface area (Å²) in [5.41, 5.74) is 2.86. The lowest BCUT2D eigenvalue weighted by Crippen LogP contribution is -2.07. The summed E-state index contributed by atoms with van der Waals surface area (Å²) in [5.74, 6) is -0.143. The molecule has 0 aliphatic rings. The smallest absolute Gasteiger partial charge is 0.323 e. The number of hydrogen-bond acceptors (Lipinski definition) is 8. The number of H-pyrrole nitrogens is 2. The predicted octanol–water partition coefficient (Wildman–Crippen LogP) is 3.61. The number of aromatic nitrogens is 6. The Balaban J connectivity index is 1.45. The second-order valence-electron chi connectivity index (χ2n) is 7.68. The first-order chi connectivity index (χ1) is 16.5. The average Bonchev–Trinajstić information content (AvgIpc) is 3.37. The van der Waals surface area contributed by atoms with E-state index in [1.165, 1.54) is 11.8 Å². The van der Waals surface area contributed by atoms with Crippen molar-refractivity contribution >= 4 is 45.6 Å². The van der Waals surface area contributed by atoms with Gasteiger partial charge in [-0.25, -0.2) is 9.78 Å². The van der Waals surface area contributed by atoms with E-state index in [0.717, 1.165) is 28.6 Å². The van der Waals surface area contributed by atoms with Gasteiger partial charge in [0.1, 0.15) is 11.2 Å². The van der Waals surface area contributed by atoms with Crippen molar-refractivity contribution in [2.45, 2.75) is 57.0 Å². The lowest BCUT2D eigenvalue weighted by molar-refractivity contribution is -0.143. The second-order valence-corrected chi connectivity index (χ2v) is 8.63. The Morgan fingerprint density at radius 2 is 1.88 bits per heavy atom. The fraction of sp³-hybridized carbons (Fsp3) is 0.391. The highest BCUT2D eigenvalue weighted by Gasteiger charge is 2.18. The van der Waals surface area contributed by atoms with Gasteiger partial charge in [-0.05, 0) is 32.8 Å².